The number of rotatable bonds is 3. The molecule has 0 aliphatic carbocycles. The molecule has 0 saturated carbocycles. The summed E-state index contributed by atoms with van der Waals surface area (Å²) in [6, 6.07) is 6.20. The Morgan fingerprint density at radius 1 is 1.21 bits per heavy atom. The molecule has 5 heteroatoms. The van der Waals surface area contributed by atoms with Crippen molar-refractivity contribution in [3.05, 3.63) is 29.3 Å². The molecular formula is C19H28N2O3. The first-order valence-electron chi connectivity index (χ1n) is 8.88. The van der Waals surface area contributed by atoms with Crippen LogP contribution < -0.4 is 10.5 Å². The SMILES string of the molecule is Cc1ccc(OC2CCN(C(=O)C3(N)CCOCC3)CC2)cc1C. The number of hydrogen-bond acceptors (Lipinski definition) is 4. The van der Waals surface area contributed by atoms with Crippen molar-refractivity contribution in [1.29, 1.82) is 0 Å². The molecule has 1 aromatic rings. The van der Waals surface area contributed by atoms with Crippen LogP contribution in [0, 0.1) is 13.8 Å². The quantitative estimate of drug-likeness (QED) is 0.921. The van der Waals surface area contributed by atoms with Gasteiger partial charge in [0.15, 0.2) is 0 Å². The van der Waals surface area contributed by atoms with Crippen LogP contribution in [0.4, 0.5) is 0 Å². The summed E-state index contributed by atoms with van der Waals surface area (Å²) < 4.78 is 11.4. The lowest BCUT2D eigenvalue weighted by Gasteiger charge is -2.39. The van der Waals surface area contributed by atoms with E-state index in [4.69, 9.17) is 15.2 Å². The summed E-state index contributed by atoms with van der Waals surface area (Å²) in [5.74, 6) is 0.998. The molecule has 2 aliphatic heterocycles. The maximum Gasteiger partial charge on any atom is 0.242 e. The van der Waals surface area contributed by atoms with Gasteiger partial charge in [-0.3, -0.25) is 4.79 Å². The summed E-state index contributed by atoms with van der Waals surface area (Å²) in [6.07, 6.45) is 3.10. The number of piperidine rings is 1. The third-order valence-electron chi connectivity index (χ3n) is 5.32. The van der Waals surface area contributed by atoms with E-state index in [-0.39, 0.29) is 12.0 Å². The van der Waals surface area contributed by atoms with E-state index in [1.54, 1.807) is 0 Å². The Labute approximate surface area is 144 Å². The van der Waals surface area contributed by atoms with Crippen molar-refractivity contribution in [3.63, 3.8) is 0 Å². The lowest BCUT2D eigenvalue weighted by Crippen LogP contribution is -2.59. The zero-order valence-electron chi connectivity index (χ0n) is 14.7. The molecule has 2 N–H and O–H groups in total. The Morgan fingerprint density at radius 3 is 2.50 bits per heavy atom. The smallest absolute Gasteiger partial charge is 0.242 e. The second-order valence-corrected chi connectivity index (χ2v) is 7.12. The number of carbonyl (C=O) groups is 1. The number of benzene rings is 1. The molecular weight excluding hydrogens is 304 g/mol. The van der Waals surface area contributed by atoms with Gasteiger partial charge in [-0.2, -0.15) is 0 Å². The molecule has 5 nitrogen and oxygen atoms in total. The molecule has 132 valence electrons. The number of amides is 1. The highest BCUT2D eigenvalue weighted by atomic mass is 16.5. The van der Waals surface area contributed by atoms with Gasteiger partial charge in [0.2, 0.25) is 5.91 Å². The Balaban J connectivity index is 1.53. The van der Waals surface area contributed by atoms with Crippen LogP contribution >= 0.6 is 0 Å². The largest absolute Gasteiger partial charge is 0.490 e. The van der Waals surface area contributed by atoms with Crippen LogP contribution in [0.3, 0.4) is 0 Å². The van der Waals surface area contributed by atoms with Crippen molar-refractivity contribution in [2.75, 3.05) is 26.3 Å². The fourth-order valence-electron chi connectivity index (χ4n) is 3.42. The van der Waals surface area contributed by atoms with Crippen molar-refractivity contribution in [2.45, 2.75) is 51.2 Å². The number of carbonyl (C=O) groups excluding carboxylic acids is 1. The van der Waals surface area contributed by atoms with Crippen molar-refractivity contribution < 1.29 is 14.3 Å². The normalized spacial score (nSPS) is 21.5. The predicted octanol–water partition coefficient (Wildman–Crippen LogP) is 2.18. The van der Waals surface area contributed by atoms with Crippen molar-refractivity contribution in [1.82, 2.24) is 4.90 Å². The minimum atomic E-state index is -0.736. The number of aryl methyl sites for hydroxylation is 2. The van der Waals surface area contributed by atoms with E-state index in [2.05, 4.69) is 26.0 Å². The third kappa shape index (κ3) is 3.73. The highest BCUT2D eigenvalue weighted by Crippen LogP contribution is 2.25. The van der Waals surface area contributed by atoms with Crippen LogP contribution in [0.25, 0.3) is 0 Å². The monoisotopic (exact) mass is 332 g/mol. The van der Waals surface area contributed by atoms with Gasteiger partial charge in [0.05, 0.1) is 5.54 Å². The van der Waals surface area contributed by atoms with Gasteiger partial charge in [0, 0.05) is 39.1 Å². The summed E-state index contributed by atoms with van der Waals surface area (Å²) in [5.41, 5.74) is 8.10. The topological polar surface area (TPSA) is 64.8 Å². The zero-order chi connectivity index (χ0) is 17.2. The second-order valence-electron chi connectivity index (χ2n) is 7.12. The van der Waals surface area contributed by atoms with Gasteiger partial charge in [0.25, 0.3) is 0 Å². The first kappa shape index (κ1) is 17.2. The molecule has 2 heterocycles. The van der Waals surface area contributed by atoms with Crippen LogP contribution in [0.1, 0.15) is 36.8 Å². The maximum absolute atomic E-state index is 12.7. The van der Waals surface area contributed by atoms with Crippen molar-refractivity contribution >= 4 is 5.91 Å². The summed E-state index contributed by atoms with van der Waals surface area (Å²) >= 11 is 0. The van der Waals surface area contributed by atoms with E-state index >= 15 is 0 Å². The molecule has 0 bridgehead atoms. The summed E-state index contributed by atoms with van der Waals surface area (Å²) in [4.78, 5) is 14.6. The van der Waals surface area contributed by atoms with Gasteiger partial charge >= 0.3 is 0 Å². The maximum atomic E-state index is 12.7. The Morgan fingerprint density at radius 2 is 1.88 bits per heavy atom. The van der Waals surface area contributed by atoms with Gasteiger partial charge in [0.1, 0.15) is 11.9 Å². The number of nitrogens with two attached hydrogens (primary N) is 1. The van der Waals surface area contributed by atoms with E-state index in [0.29, 0.717) is 39.1 Å². The minimum Gasteiger partial charge on any atom is -0.490 e. The molecule has 24 heavy (non-hydrogen) atoms. The molecule has 1 aromatic carbocycles. The molecule has 3 rings (SSSR count). The Kier molecular flexibility index (Phi) is 5.11. The van der Waals surface area contributed by atoms with Gasteiger partial charge in [-0.25, -0.2) is 0 Å². The minimum absolute atomic E-state index is 0.0791. The molecule has 1 amide bonds. The van der Waals surface area contributed by atoms with Crippen LogP contribution in [-0.4, -0.2) is 48.8 Å². The molecule has 0 spiro atoms. The highest BCUT2D eigenvalue weighted by molar-refractivity contribution is 5.86. The lowest BCUT2D eigenvalue weighted by atomic mass is 9.89. The lowest BCUT2D eigenvalue weighted by molar-refractivity contribution is -0.142. The Bertz CT molecular complexity index is 588. The fourth-order valence-corrected chi connectivity index (χ4v) is 3.42. The zero-order valence-corrected chi connectivity index (χ0v) is 14.7. The van der Waals surface area contributed by atoms with Gasteiger partial charge in [-0.1, -0.05) is 6.07 Å². The second kappa shape index (κ2) is 7.11. The van der Waals surface area contributed by atoms with Gasteiger partial charge in [-0.15, -0.1) is 0 Å². The van der Waals surface area contributed by atoms with Gasteiger partial charge < -0.3 is 20.1 Å². The summed E-state index contributed by atoms with van der Waals surface area (Å²) in [7, 11) is 0. The number of hydrogen-bond donors (Lipinski definition) is 1. The van der Waals surface area contributed by atoms with E-state index in [9.17, 15) is 4.79 Å². The fraction of sp³-hybridized carbons (Fsp3) is 0.632. The van der Waals surface area contributed by atoms with Crippen LogP contribution in [-0.2, 0) is 9.53 Å². The molecule has 0 aromatic heterocycles. The average molecular weight is 332 g/mol. The first-order valence-corrected chi connectivity index (χ1v) is 8.88. The number of likely N-dealkylation sites (tertiary alicyclic amines) is 1. The average Bonchev–Trinajstić information content (AvgIpc) is 2.59. The molecule has 0 radical (unpaired) electrons. The highest BCUT2D eigenvalue weighted by Gasteiger charge is 2.40. The number of ether oxygens (including phenoxy) is 2. The molecule has 2 saturated heterocycles. The summed E-state index contributed by atoms with van der Waals surface area (Å²) in [5, 5.41) is 0. The van der Waals surface area contributed by atoms with E-state index < -0.39 is 5.54 Å². The standard InChI is InChI=1S/C19H28N2O3/c1-14-3-4-17(13-15(14)2)24-16-5-9-21(10-6-16)18(22)19(20)7-11-23-12-8-19/h3-4,13,16H,5-12,20H2,1-2H3. The van der Waals surface area contributed by atoms with E-state index in [1.807, 2.05) is 11.0 Å². The molecule has 0 atom stereocenters. The Hall–Kier alpha value is -1.59. The van der Waals surface area contributed by atoms with E-state index in [1.165, 1.54) is 11.1 Å². The van der Waals surface area contributed by atoms with Gasteiger partial charge in [-0.05, 0) is 49.9 Å². The van der Waals surface area contributed by atoms with Crippen LogP contribution in [0.15, 0.2) is 18.2 Å². The third-order valence-corrected chi connectivity index (χ3v) is 5.32. The first-order chi connectivity index (χ1) is 11.5. The predicted molar refractivity (Wildman–Crippen MR) is 93.1 cm³/mol. The van der Waals surface area contributed by atoms with Crippen molar-refractivity contribution in [3.8, 4) is 5.75 Å². The van der Waals surface area contributed by atoms with E-state index in [0.717, 1.165) is 18.6 Å². The number of nitrogens with zero attached hydrogens (tertiary/aromatic N) is 1. The van der Waals surface area contributed by atoms with Crippen LogP contribution in [0.2, 0.25) is 0 Å². The molecule has 2 aliphatic rings. The van der Waals surface area contributed by atoms with Crippen LogP contribution in [0.5, 0.6) is 5.75 Å². The summed E-state index contributed by atoms with van der Waals surface area (Å²) in [6.45, 7) is 6.78. The van der Waals surface area contributed by atoms with Crippen molar-refractivity contribution in [2.24, 2.45) is 5.73 Å². The molecule has 0 unspecified atom stereocenters. The molecule has 2 fully saturated rings.